The van der Waals surface area contributed by atoms with E-state index < -0.39 is 0 Å². The van der Waals surface area contributed by atoms with Gasteiger partial charge >= 0.3 is 0 Å². The fraction of sp³-hybridized carbons (Fsp3) is 0.533. The van der Waals surface area contributed by atoms with Gasteiger partial charge in [-0.3, -0.25) is 0 Å². The summed E-state index contributed by atoms with van der Waals surface area (Å²) in [6.45, 7) is 8.08. The highest BCUT2D eigenvalue weighted by Gasteiger charge is 2.23. The van der Waals surface area contributed by atoms with Crippen LogP contribution in [-0.4, -0.2) is 19.2 Å². The molecule has 0 saturated heterocycles. The van der Waals surface area contributed by atoms with Gasteiger partial charge in [0.2, 0.25) is 0 Å². The molecule has 0 aromatic heterocycles. The van der Waals surface area contributed by atoms with Gasteiger partial charge in [-0.25, -0.2) is 0 Å². The Kier molecular flexibility index (Phi) is 3.76. The Morgan fingerprint density at radius 3 is 2.94 bits per heavy atom. The lowest BCUT2D eigenvalue weighted by Gasteiger charge is -2.35. The first kappa shape index (κ1) is 12.8. The molecule has 0 fully saturated rings. The van der Waals surface area contributed by atoms with E-state index in [1.807, 2.05) is 0 Å². The van der Waals surface area contributed by atoms with Crippen LogP contribution in [0.25, 0.3) is 0 Å². The van der Waals surface area contributed by atoms with Gasteiger partial charge in [-0.05, 0) is 30.5 Å². The maximum atomic E-state index is 8.75. The van der Waals surface area contributed by atoms with Crippen molar-refractivity contribution >= 4 is 5.69 Å². The first-order valence-corrected chi connectivity index (χ1v) is 6.54. The van der Waals surface area contributed by atoms with Crippen molar-refractivity contribution in [3.05, 3.63) is 23.8 Å². The summed E-state index contributed by atoms with van der Waals surface area (Å²) in [5.74, 6) is 1.45. The summed E-state index contributed by atoms with van der Waals surface area (Å²) in [7, 11) is 0. The van der Waals surface area contributed by atoms with Crippen LogP contribution in [0.1, 0.15) is 38.7 Å². The van der Waals surface area contributed by atoms with Crippen molar-refractivity contribution in [3.63, 3.8) is 0 Å². The van der Waals surface area contributed by atoms with Crippen LogP contribution in [0.4, 0.5) is 5.69 Å². The molecule has 3 heteroatoms. The maximum Gasteiger partial charge on any atom is 0.143 e. The molecule has 0 radical (unpaired) electrons. The number of nitrogens with zero attached hydrogens (tertiary/aromatic N) is 2. The monoisotopic (exact) mass is 244 g/mol. The van der Waals surface area contributed by atoms with Crippen molar-refractivity contribution in [1.82, 2.24) is 0 Å². The molecule has 1 aliphatic rings. The Bertz CT molecular complexity index is 462. The third-order valence-corrected chi connectivity index (χ3v) is 3.29. The van der Waals surface area contributed by atoms with E-state index in [0.717, 1.165) is 24.5 Å². The predicted molar refractivity (Wildman–Crippen MR) is 73.1 cm³/mol. The zero-order chi connectivity index (χ0) is 13.1. The number of fused-ring (bicyclic) bond motifs is 1. The second-order valence-electron chi connectivity index (χ2n) is 5.16. The van der Waals surface area contributed by atoms with E-state index in [9.17, 15) is 0 Å². The lowest BCUT2D eigenvalue weighted by atomic mass is 10.0. The zero-order valence-corrected chi connectivity index (χ0v) is 11.3. The van der Waals surface area contributed by atoms with Crippen LogP contribution < -0.4 is 9.64 Å². The number of hydrogen-bond acceptors (Lipinski definition) is 3. The van der Waals surface area contributed by atoms with Gasteiger partial charge in [0.15, 0.2) is 0 Å². The van der Waals surface area contributed by atoms with E-state index in [-0.39, 0.29) is 6.10 Å². The van der Waals surface area contributed by atoms with E-state index in [2.05, 4.69) is 49.9 Å². The molecule has 0 spiro atoms. The van der Waals surface area contributed by atoms with Crippen molar-refractivity contribution in [1.29, 1.82) is 5.26 Å². The van der Waals surface area contributed by atoms with Gasteiger partial charge in [-0.1, -0.05) is 19.9 Å². The summed E-state index contributed by atoms with van der Waals surface area (Å²) >= 11 is 0. The number of rotatable bonds is 3. The SMILES string of the molecule is CC1CN(CCC#N)c2cc(C(C)C)ccc2O1. The maximum absolute atomic E-state index is 8.75. The summed E-state index contributed by atoms with van der Waals surface area (Å²) in [6, 6.07) is 8.60. The minimum atomic E-state index is 0.182. The standard InChI is InChI=1S/C15H20N2O/c1-11(2)13-5-6-15-14(9-13)17(8-4-7-16)10-12(3)18-15/h5-6,9,11-12H,4,8,10H2,1-3H3. The molecule has 0 N–H and O–H groups in total. The zero-order valence-electron chi connectivity index (χ0n) is 11.3. The lowest BCUT2D eigenvalue weighted by molar-refractivity contribution is 0.213. The van der Waals surface area contributed by atoms with Gasteiger partial charge < -0.3 is 9.64 Å². The summed E-state index contributed by atoms with van der Waals surface area (Å²) in [5, 5.41) is 8.75. The third-order valence-electron chi connectivity index (χ3n) is 3.29. The van der Waals surface area contributed by atoms with E-state index >= 15 is 0 Å². The van der Waals surface area contributed by atoms with Crippen molar-refractivity contribution in [2.75, 3.05) is 18.0 Å². The Morgan fingerprint density at radius 1 is 1.50 bits per heavy atom. The summed E-state index contributed by atoms with van der Waals surface area (Å²) in [6.07, 6.45) is 0.735. The second kappa shape index (κ2) is 5.30. The van der Waals surface area contributed by atoms with Crippen molar-refractivity contribution < 1.29 is 4.74 Å². The minimum Gasteiger partial charge on any atom is -0.487 e. The molecule has 1 aromatic carbocycles. The molecule has 1 aromatic rings. The van der Waals surface area contributed by atoms with Crippen LogP contribution >= 0.6 is 0 Å². The normalized spacial score (nSPS) is 18.2. The number of ether oxygens (including phenoxy) is 1. The van der Waals surface area contributed by atoms with Crippen LogP contribution in [0.3, 0.4) is 0 Å². The molecule has 0 saturated carbocycles. The van der Waals surface area contributed by atoms with Gasteiger partial charge in [0, 0.05) is 6.54 Å². The van der Waals surface area contributed by atoms with E-state index in [4.69, 9.17) is 10.00 Å². The number of anilines is 1. The Balaban J connectivity index is 2.32. The van der Waals surface area contributed by atoms with Gasteiger partial charge in [0.05, 0.1) is 24.7 Å². The molecular formula is C15H20N2O. The molecule has 0 aliphatic carbocycles. The average molecular weight is 244 g/mol. The molecule has 3 nitrogen and oxygen atoms in total. The van der Waals surface area contributed by atoms with Gasteiger partial charge in [0.1, 0.15) is 11.9 Å². The molecule has 1 unspecified atom stereocenters. The molecule has 0 amide bonds. The first-order chi connectivity index (χ1) is 8.61. The molecule has 0 bridgehead atoms. The summed E-state index contributed by atoms with van der Waals surface area (Å²) in [5.41, 5.74) is 2.45. The number of hydrogen-bond donors (Lipinski definition) is 0. The van der Waals surface area contributed by atoms with Gasteiger partial charge in [-0.2, -0.15) is 5.26 Å². The highest BCUT2D eigenvalue weighted by molar-refractivity contribution is 5.62. The quantitative estimate of drug-likeness (QED) is 0.818. The largest absolute Gasteiger partial charge is 0.487 e. The fourth-order valence-corrected chi connectivity index (χ4v) is 2.30. The Morgan fingerprint density at radius 2 is 2.28 bits per heavy atom. The molecule has 1 heterocycles. The molecule has 1 atom stereocenters. The van der Waals surface area contributed by atoms with Crippen molar-refractivity contribution in [2.24, 2.45) is 0 Å². The molecule has 1 aliphatic heterocycles. The van der Waals surface area contributed by atoms with Crippen LogP contribution in [0, 0.1) is 11.3 Å². The summed E-state index contributed by atoms with van der Waals surface area (Å²) in [4.78, 5) is 2.26. The van der Waals surface area contributed by atoms with Crippen LogP contribution in [-0.2, 0) is 0 Å². The molecule has 18 heavy (non-hydrogen) atoms. The summed E-state index contributed by atoms with van der Waals surface area (Å²) < 4.78 is 5.85. The van der Waals surface area contributed by atoms with Gasteiger partial charge in [-0.15, -0.1) is 0 Å². The molecule has 2 rings (SSSR count). The van der Waals surface area contributed by atoms with E-state index in [1.165, 1.54) is 5.56 Å². The number of nitriles is 1. The van der Waals surface area contributed by atoms with Crippen LogP contribution in [0.2, 0.25) is 0 Å². The Labute approximate surface area is 109 Å². The van der Waals surface area contributed by atoms with Crippen LogP contribution in [0.15, 0.2) is 18.2 Å². The number of benzene rings is 1. The second-order valence-corrected chi connectivity index (χ2v) is 5.16. The highest BCUT2D eigenvalue weighted by atomic mass is 16.5. The molecular weight excluding hydrogens is 224 g/mol. The van der Waals surface area contributed by atoms with E-state index in [0.29, 0.717) is 12.3 Å². The van der Waals surface area contributed by atoms with E-state index in [1.54, 1.807) is 0 Å². The predicted octanol–water partition coefficient (Wildman–Crippen LogP) is 3.31. The van der Waals surface area contributed by atoms with Crippen molar-refractivity contribution in [2.45, 2.75) is 39.2 Å². The first-order valence-electron chi connectivity index (χ1n) is 6.54. The topological polar surface area (TPSA) is 36.3 Å². The Hall–Kier alpha value is -1.69. The molecule has 96 valence electrons. The van der Waals surface area contributed by atoms with Crippen LogP contribution in [0.5, 0.6) is 5.75 Å². The lowest BCUT2D eigenvalue weighted by Crippen LogP contribution is -2.39. The van der Waals surface area contributed by atoms with Gasteiger partial charge in [0.25, 0.3) is 0 Å². The fourth-order valence-electron chi connectivity index (χ4n) is 2.30. The average Bonchev–Trinajstić information content (AvgIpc) is 2.35. The highest BCUT2D eigenvalue weighted by Crippen LogP contribution is 2.35. The van der Waals surface area contributed by atoms with Crippen molar-refractivity contribution in [3.8, 4) is 11.8 Å². The minimum absolute atomic E-state index is 0.182. The smallest absolute Gasteiger partial charge is 0.143 e. The third kappa shape index (κ3) is 2.59.